The van der Waals surface area contributed by atoms with E-state index in [1.54, 1.807) is 24.3 Å². The molecule has 0 aliphatic heterocycles. The van der Waals surface area contributed by atoms with E-state index in [0.29, 0.717) is 11.1 Å². The number of hydrogen-bond acceptors (Lipinski definition) is 1. The Labute approximate surface area is 270 Å². The smallest absolute Gasteiger partial charge is 0.136 e. The molecule has 0 aliphatic rings. The van der Waals surface area contributed by atoms with Gasteiger partial charge in [-0.15, -0.1) is 0 Å². The zero-order chi connectivity index (χ0) is 41.4. The fraction of sp³-hybridized carbons (Fsp3) is 0. The standard InChI is InChI=1S/C42H26O/c1-2-12-31-28(10-1)11-9-18-34(31)42-37-16-5-3-14-35(37)41(36-15-4-6-17-38(36)42)29-22-20-27(21-23-29)30-24-25-33-32-13-7-8-19-39(32)43-40(33)26-30/h1-26H/i1D,2D,3D,4D,5D,6D,9D,10D,11D,12D,14D,15D,16D,17D,18D. The van der Waals surface area contributed by atoms with Gasteiger partial charge in [0.05, 0.1) is 20.6 Å². The van der Waals surface area contributed by atoms with Gasteiger partial charge in [0.1, 0.15) is 11.2 Å². The van der Waals surface area contributed by atoms with E-state index in [-0.39, 0.29) is 32.7 Å². The lowest BCUT2D eigenvalue weighted by atomic mass is 9.84. The van der Waals surface area contributed by atoms with Crippen molar-refractivity contribution in [1.82, 2.24) is 0 Å². The van der Waals surface area contributed by atoms with E-state index in [0.717, 1.165) is 27.5 Å². The molecule has 0 amide bonds. The third-order valence-electron chi connectivity index (χ3n) is 7.82. The predicted molar refractivity (Wildman–Crippen MR) is 183 cm³/mol. The highest BCUT2D eigenvalue weighted by atomic mass is 16.3. The summed E-state index contributed by atoms with van der Waals surface area (Å²) in [6.45, 7) is 0. The van der Waals surface area contributed by atoms with Crippen LogP contribution in [0.1, 0.15) is 20.6 Å². The van der Waals surface area contributed by atoms with Crippen molar-refractivity contribution in [3.05, 3.63) is 157 Å². The summed E-state index contributed by atoms with van der Waals surface area (Å²) in [5.41, 5.74) is 2.53. The highest BCUT2D eigenvalue weighted by molar-refractivity contribution is 6.23. The van der Waals surface area contributed by atoms with Crippen LogP contribution in [0.25, 0.3) is 87.6 Å². The van der Waals surface area contributed by atoms with E-state index in [1.165, 1.54) is 0 Å². The maximum atomic E-state index is 9.28. The third kappa shape index (κ3) is 3.72. The maximum absolute atomic E-state index is 9.28. The molecule has 1 nitrogen and oxygen atoms in total. The maximum Gasteiger partial charge on any atom is 0.136 e. The zero-order valence-corrected chi connectivity index (χ0v) is 22.3. The van der Waals surface area contributed by atoms with Crippen molar-refractivity contribution in [1.29, 1.82) is 0 Å². The molecule has 0 atom stereocenters. The summed E-state index contributed by atoms with van der Waals surface area (Å²) in [6.07, 6.45) is 0. The Bertz CT molecular complexity index is 3250. The molecular formula is C42H26O. The van der Waals surface area contributed by atoms with Gasteiger partial charge < -0.3 is 4.42 Å². The van der Waals surface area contributed by atoms with Crippen molar-refractivity contribution in [3.8, 4) is 33.4 Å². The van der Waals surface area contributed by atoms with Gasteiger partial charge in [-0.2, -0.15) is 0 Å². The molecule has 43 heavy (non-hydrogen) atoms. The quantitative estimate of drug-likeness (QED) is 0.196. The minimum Gasteiger partial charge on any atom is -0.456 e. The number of furan rings is 1. The average Bonchev–Trinajstić information content (AvgIpc) is 3.61. The van der Waals surface area contributed by atoms with E-state index < -0.39 is 107 Å². The van der Waals surface area contributed by atoms with Gasteiger partial charge in [-0.05, 0) is 83.9 Å². The van der Waals surface area contributed by atoms with Crippen LogP contribution >= 0.6 is 0 Å². The minimum absolute atomic E-state index is 0.0352. The lowest BCUT2D eigenvalue weighted by molar-refractivity contribution is 0.669. The van der Waals surface area contributed by atoms with Gasteiger partial charge in [-0.3, -0.25) is 0 Å². The van der Waals surface area contributed by atoms with Gasteiger partial charge in [-0.1, -0.05) is 139 Å². The SMILES string of the molecule is [2H]c1c([2H])c([2H])c2c(-c3c4c([2H])c([2H])c([2H])c([2H])c4c(-c4ccc(-c5ccc6c(c5)oc5ccccc56)cc4)c4c([2H])c([2H])c([2H])c([2H])c34)c([2H])c([2H])c([2H])c2c1[2H]. The van der Waals surface area contributed by atoms with Gasteiger partial charge in [0.15, 0.2) is 0 Å². The number of hydrogen-bond donors (Lipinski definition) is 0. The fourth-order valence-corrected chi connectivity index (χ4v) is 5.90. The summed E-state index contributed by atoms with van der Waals surface area (Å²) in [5, 5.41) is 0.134. The van der Waals surface area contributed by atoms with E-state index >= 15 is 0 Å². The van der Waals surface area contributed by atoms with Gasteiger partial charge in [-0.25, -0.2) is 0 Å². The van der Waals surface area contributed by atoms with Crippen LogP contribution in [0.4, 0.5) is 0 Å². The monoisotopic (exact) mass is 561 g/mol. The molecule has 1 heterocycles. The van der Waals surface area contributed by atoms with Crippen LogP contribution < -0.4 is 0 Å². The summed E-state index contributed by atoms with van der Waals surface area (Å²) in [4.78, 5) is 0. The summed E-state index contributed by atoms with van der Waals surface area (Å²) in [5.74, 6) is 0. The molecule has 0 saturated heterocycles. The van der Waals surface area contributed by atoms with Gasteiger partial charge in [0.25, 0.3) is 0 Å². The zero-order valence-electron chi connectivity index (χ0n) is 37.3. The Morgan fingerprint density at radius 2 is 0.953 bits per heavy atom. The van der Waals surface area contributed by atoms with Crippen molar-refractivity contribution in [3.63, 3.8) is 0 Å². The van der Waals surface area contributed by atoms with E-state index in [9.17, 15) is 6.85 Å². The molecule has 0 fully saturated rings. The van der Waals surface area contributed by atoms with Crippen LogP contribution in [0.5, 0.6) is 0 Å². The molecule has 0 spiro atoms. The molecule has 0 radical (unpaired) electrons. The molecule has 9 rings (SSSR count). The molecule has 1 aromatic heterocycles. The first-order chi connectivity index (χ1) is 27.6. The molecule has 0 unspecified atom stereocenters. The topological polar surface area (TPSA) is 13.1 Å². The molecule has 0 bridgehead atoms. The molecule has 1 heteroatoms. The second-order valence-corrected chi connectivity index (χ2v) is 10.1. The first kappa shape index (κ1) is 13.5. The molecule has 200 valence electrons. The second-order valence-electron chi connectivity index (χ2n) is 10.1. The molecule has 8 aromatic carbocycles. The average molecular weight is 562 g/mol. The van der Waals surface area contributed by atoms with Crippen molar-refractivity contribution in [2.75, 3.05) is 0 Å². The first-order valence-corrected chi connectivity index (χ1v) is 13.5. The van der Waals surface area contributed by atoms with Gasteiger partial charge >= 0.3 is 0 Å². The van der Waals surface area contributed by atoms with Crippen LogP contribution in [0.15, 0.2) is 162 Å². The van der Waals surface area contributed by atoms with E-state index in [1.807, 2.05) is 42.5 Å². The third-order valence-corrected chi connectivity index (χ3v) is 7.82. The number of fused-ring (bicyclic) bond motifs is 6. The van der Waals surface area contributed by atoms with Crippen LogP contribution in [0.3, 0.4) is 0 Å². The first-order valence-electron chi connectivity index (χ1n) is 21.0. The lowest BCUT2D eigenvalue weighted by Crippen LogP contribution is -1.91. The summed E-state index contributed by atoms with van der Waals surface area (Å²) in [6, 6.07) is 10.2. The Morgan fingerprint density at radius 1 is 0.395 bits per heavy atom. The molecule has 9 aromatic rings. The normalized spacial score (nSPS) is 16.6. The number of benzene rings is 8. The van der Waals surface area contributed by atoms with Gasteiger partial charge in [0, 0.05) is 10.8 Å². The minimum atomic E-state index is -0.754. The lowest BCUT2D eigenvalue weighted by Gasteiger charge is -2.19. The summed E-state index contributed by atoms with van der Waals surface area (Å²) in [7, 11) is 0. The largest absolute Gasteiger partial charge is 0.456 e. The molecule has 0 N–H and O–H groups in total. The van der Waals surface area contributed by atoms with Crippen LogP contribution in [-0.4, -0.2) is 0 Å². The molecule has 0 saturated carbocycles. The van der Waals surface area contributed by atoms with E-state index in [2.05, 4.69) is 0 Å². The van der Waals surface area contributed by atoms with Crippen molar-refractivity contribution in [2.24, 2.45) is 0 Å². The highest BCUT2D eigenvalue weighted by Gasteiger charge is 2.18. The predicted octanol–water partition coefficient (Wildman–Crippen LogP) is 12.0. The van der Waals surface area contributed by atoms with Crippen molar-refractivity contribution < 1.29 is 25.0 Å². The van der Waals surface area contributed by atoms with Gasteiger partial charge in [0.2, 0.25) is 0 Å². The summed E-state index contributed by atoms with van der Waals surface area (Å²) >= 11 is 0. The van der Waals surface area contributed by atoms with Crippen LogP contribution in [0, 0.1) is 0 Å². The Kier molecular flexibility index (Phi) is 2.97. The Balaban J connectivity index is 1.45. The van der Waals surface area contributed by atoms with Crippen LogP contribution in [0.2, 0.25) is 0 Å². The highest BCUT2D eigenvalue weighted by Crippen LogP contribution is 2.45. The Hall–Kier alpha value is -5.66. The van der Waals surface area contributed by atoms with Crippen molar-refractivity contribution in [2.45, 2.75) is 0 Å². The van der Waals surface area contributed by atoms with Crippen molar-refractivity contribution >= 4 is 54.3 Å². The fourth-order valence-electron chi connectivity index (χ4n) is 5.90. The Morgan fingerprint density at radius 3 is 1.70 bits per heavy atom. The molecule has 0 aliphatic carbocycles. The van der Waals surface area contributed by atoms with Crippen LogP contribution in [-0.2, 0) is 0 Å². The summed E-state index contributed by atoms with van der Waals surface area (Å²) < 4.78 is 139. The van der Waals surface area contributed by atoms with E-state index in [4.69, 9.17) is 18.1 Å². The number of rotatable bonds is 3. The molecular weight excluding hydrogens is 520 g/mol. The number of para-hydroxylation sites is 1. The second kappa shape index (κ2) is 9.44.